The van der Waals surface area contributed by atoms with E-state index in [4.69, 9.17) is 5.11 Å². The number of halogens is 1. The van der Waals surface area contributed by atoms with E-state index >= 15 is 0 Å². The van der Waals surface area contributed by atoms with Gasteiger partial charge in [0.2, 0.25) is 0 Å². The molecule has 0 aliphatic heterocycles. The molecule has 0 fully saturated rings. The largest absolute Gasteiger partial charge is 0.477 e. The second kappa shape index (κ2) is 6.23. The lowest BCUT2D eigenvalue weighted by atomic mass is 10.1. The Balaban J connectivity index is 3.07. The third-order valence-corrected chi connectivity index (χ3v) is 3.00. The minimum Gasteiger partial charge on any atom is -0.477 e. The number of nitro benzene ring substituents is 1. The summed E-state index contributed by atoms with van der Waals surface area (Å²) >= 11 is 0. The van der Waals surface area contributed by atoms with Crippen LogP contribution in [0.1, 0.15) is 10.4 Å². The molecule has 0 bridgehead atoms. The molecule has 0 amide bonds. The maximum atomic E-state index is 13.5. The quantitative estimate of drug-likeness (QED) is 0.602. The zero-order valence-corrected chi connectivity index (χ0v) is 10.7. The minimum absolute atomic E-state index is 0.164. The van der Waals surface area contributed by atoms with Crippen LogP contribution in [0.25, 0.3) is 0 Å². The molecule has 0 aromatic heterocycles. The van der Waals surface area contributed by atoms with Gasteiger partial charge in [0.05, 0.1) is 16.7 Å². The number of aromatic carboxylic acids is 1. The van der Waals surface area contributed by atoms with Crippen LogP contribution in [0.5, 0.6) is 0 Å². The number of carbonyl (C=O) groups is 1. The topological polar surface area (TPSA) is 110 Å². The SMILES string of the molecule is CS(=O)CCNc1cc(C(=O)O)c([N+](=O)[O-])cc1F. The fourth-order valence-electron chi connectivity index (χ4n) is 1.35. The highest BCUT2D eigenvalue weighted by molar-refractivity contribution is 7.84. The van der Waals surface area contributed by atoms with Gasteiger partial charge in [-0.3, -0.25) is 14.3 Å². The molecule has 0 radical (unpaired) electrons. The monoisotopic (exact) mass is 290 g/mol. The molecule has 1 atom stereocenters. The van der Waals surface area contributed by atoms with Crippen LogP contribution in [0.3, 0.4) is 0 Å². The zero-order chi connectivity index (χ0) is 14.6. The molecule has 1 rings (SSSR count). The van der Waals surface area contributed by atoms with Gasteiger partial charge in [-0.1, -0.05) is 0 Å². The molecule has 0 aliphatic rings. The number of benzene rings is 1. The van der Waals surface area contributed by atoms with Crippen LogP contribution in [-0.2, 0) is 10.8 Å². The third-order valence-electron chi connectivity index (χ3n) is 2.22. The molecule has 104 valence electrons. The van der Waals surface area contributed by atoms with Crippen molar-refractivity contribution in [3.63, 3.8) is 0 Å². The molecular weight excluding hydrogens is 279 g/mol. The molecule has 9 heteroatoms. The Morgan fingerprint density at radius 1 is 1.58 bits per heavy atom. The van der Waals surface area contributed by atoms with Crippen LogP contribution in [-0.4, -0.2) is 38.8 Å². The van der Waals surface area contributed by atoms with Crippen LogP contribution in [0.4, 0.5) is 15.8 Å². The predicted molar refractivity (Wildman–Crippen MR) is 67.4 cm³/mol. The Hall–Kier alpha value is -2.03. The Kier molecular flexibility index (Phi) is 4.93. The first kappa shape index (κ1) is 15.0. The van der Waals surface area contributed by atoms with Gasteiger partial charge in [0.25, 0.3) is 5.69 Å². The van der Waals surface area contributed by atoms with Crippen LogP contribution >= 0.6 is 0 Å². The average Bonchev–Trinajstić information content (AvgIpc) is 2.29. The lowest BCUT2D eigenvalue weighted by molar-refractivity contribution is -0.385. The van der Waals surface area contributed by atoms with E-state index in [-0.39, 0.29) is 18.0 Å². The summed E-state index contributed by atoms with van der Waals surface area (Å²) in [5, 5.41) is 22.0. The molecule has 19 heavy (non-hydrogen) atoms. The summed E-state index contributed by atoms with van der Waals surface area (Å²) in [6.07, 6.45) is 1.47. The molecular formula is C10H11FN2O5S. The number of anilines is 1. The fourth-order valence-corrected chi connectivity index (χ4v) is 1.74. The molecule has 1 aromatic rings. The first-order valence-corrected chi connectivity index (χ1v) is 6.80. The summed E-state index contributed by atoms with van der Waals surface area (Å²) in [7, 11) is -1.08. The van der Waals surface area contributed by atoms with E-state index in [1.54, 1.807) is 0 Å². The summed E-state index contributed by atoms with van der Waals surface area (Å²) in [6.45, 7) is 0.164. The number of carboxylic acid groups (broad SMARTS) is 1. The average molecular weight is 290 g/mol. The van der Waals surface area contributed by atoms with Gasteiger partial charge in [0.15, 0.2) is 5.82 Å². The highest BCUT2D eigenvalue weighted by Gasteiger charge is 2.23. The Morgan fingerprint density at radius 2 is 2.21 bits per heavy atom. The Labute approximate surface area is 110 Å². The first-order chi connectivity index (χ1) is 8.82. The van der Waals surface area contributed by atoms with Gasteiger partial charge in [0.1, 0.15) is 5.56 Å². The van der Waals surface area contributed by atoms with Crippen molar-refractivity contribution >= 4 is 28.1 Å². The van der Waals surface area contributed by atoms with Crippen LogP contribution in [0.2, 0.25) is 0 Å². The number of hydrogen-bond acceptors (Lipinski definition) is 5. The van der Waals surface area contributed by atoms with Crippen LogP contribution in [0, 0.1) is 15.9 Å². The molecule has 0 heterocycles. The molecule has 1 aromatic carbocycles. The molecule has 0 saturated heterocycles. The van der Waals surface area contributed by atoms with Crippen molar-refractivity contribution in [1.29, 1.82) is 0 Å². The molecule has 0 spiro atoms. The molecule has 1 unspecified atom stereocenters. The number of nitrogens with zero attached hydrogens (tertiary/aromatic N) is 1. The normalized spacial score (nSPS) is 11.9. The number of hydrogen-bond donors (Lipinski definition) is 2. The second-order valence-electron chi connectivity index (χ2n) is 3.62. The fraction of sp³-hybridized carbons (Fsp3) is 0.300. The van der Waals surface area contributed by atoms with E-state index < -0.39 is 38.8 Å². The van der Waals surface area contributed by atoms with Gasteiger partial charge < -0.3 is 10.4 Å². The van der Waals surface area contributed by atoms with Gasteiger partial charge in [0, 0.05) is 29.4 Å². The van der Waals surface area contributed by atoms with Crippen LogP contribution < -0.4 is 5.32 Å². The van der Waals surface area contributed by atoms with E-state index in [0.717, 1.165) is 6.07 Å². The van der Waals surface area contributed by atoms with E-state index in [1.165, 1.54) is 6.26 Å². The summed E-state index contributed by atoms with van der Waals surface area (Å²) < 4.78 is 24.4. The van der Waals surface area contributed by atoms with Crippen molar-refractivity contribution in [2.45, 2.75) is 0 Å². The summed E-state index contributed by atoms with van der Waals surface area (Å²) in [6, 6.07) is 1.41. The van der Waals surface area contributed by atoms with Crippen molar-refractivity contribution in [3.8, 4) is 0 Å². The summed E-state index contributed by atoms with van der Waals surface area (Å²) in [5.74, 6) is -2.20. The van der Waals surface area contributed by atoms with Gasteiger partial charge in [-0.15, -0.1) is 0 Å². The smallest absolute Gasteiger partial charge is 0.342 e. The van der Waals surface area contributed by atoms with Gasteiger partial charge in [-0.2, -0.15) is 0 Å². The molecule has 2 N–H and O–H groups in total. The molecule has 7 nitrogen and oxygen atoms in total. The highest BCUT2D eigenvalue weighted by Crippen LogP contribution is 2.26. The third kappa shape index (κ3) is 3.98. The van der Waals surface area contributed by atoms with Crippen molar-refractivity contribution in [2.24, 2.45) is 0 Å². The van der Waals surface area contributed by atoms with E-state index in [2.05, 4.69) is 5.32 Å². The first-order valence-electron chi connectivity index (χ1n) is 5.08. The van der Waals surface area contributed by atoms with Crippen molar-refractivity contribution < 1.29 is 23.4 Å². The number of nitrogens with one attached hydrogen (secondary N) is 1. The lowest BCUT2D eigenvalue weighted by Crippen LogP contribution is -2.12. The number of carboxylic acids is 1. The van der Waals surface area contributed by atoms with E-state index in [0.29, 0.717) is 6.07 Å². The number of nitro groups is 1. The van der Waals surface area contributed by atoms with Gasteiger partial charge >= 0.3 is 5.97 Å². The lowest BCUT2D eigenvalue weighted by Gasteiger charge is -2.08. The second-order valence-corrected chi connectivity index (χ2v) is 5.17. The maximum Gasteiger partial charge on any atom is 0.342 e. The van der Waals surface area contributed by atoms with Crippen molar-refractivity contribution in [2.75, 3.05) is 23.9 Å². The van der Waals surface area contributed by atoms with Crippen molar-refractivity contribution in [1.82, 2.24) is 0 Å². The highest BCUT2D eigenvalue weighted by atomic mass is 32.2. The Bertz CT molecular complexity index is 549. The minimum atomic E-state index is -1.52. The zero-order valence-electron chi connectivity index (χ0n) is 9.88. The maximum absolute atomic E-state index is 13.5. The Morgan fingerprint density at radius 3 is 2.68 bits per heavy atom. The summed E-state index contributed by atoms with van der Waals surface area (Å²) in [4.78, 5) is 20.5. The number of rotatable bonds is 6. The summed E-state index contributed by atoms with van der Waals surface area (Å²) in [5.41, 5.74) is -1.59. The standard InChI is InChI=1S/C10H11FN2O5S/c1-19(18)3-2-12-8-4-6(10(14)15)9(13(16)17)5-7(8)11/h4-5,12H,2-3H2,1H3,(H,14,15). The van der Waals surface area contributed by atoms with Gasteiger partial charge in [-0.25, -0.2) is 9.18 Å². The van der Waals surface area contributed by atoms with Crippen LogP contribution in [0.15, 0.2) is 12.1 Å². The van der Waals surface area contributed by atoms with Gasteiger partial charge in [-0.05, 0) is 6.07 Å². The molecule has 0 aliphatic carbocycles. The molecule has 0 saturated carbocycles. The van der Waals surface area contributed by atoms with E-state index in [1.807, 2.05) is 0 Å². The van der Waals surface area contributed by atoms with Crippen molar-refractivity contribution in [3.05, 3.63) is 33.6 Å². The van der Waals surface area contributed by atoms with E-state index in [9.17, 15) is 23.5 Å². The predicted octanol–water partition coefficient (Wildman–Crippen LogP) is 1.22.